The van der Waals surface area contributed by atoms with Crippen LogP contribution in [0.2, 0.25) is 0 Å². The Morgan fingerprint density at radius 1 is 1.00 bits per heavy atom. The van der Waals surface area contributed by atoms with Crippen molar-refractivity contribution in [1.82, 2.24) is 15.5 Å². The maximum Gasteiger partial charge on any atom is 0.268 e. The molecule has 8 heteroatoms. The van der Waals surface area contributed by atoms with Gasteiger partial charge in [0.1, 0.15) is 6.04 Å². The second-order valence-corrected chi connectivity index (χ2v) is 9.14. The van der Waals surface area contributed by atoms with Gasteiger partial charge in [0.15, 0.2) is 0 Å². The van der Waals surface area contributed by atoms with E-state index in [0.29, 0.717) is 19.3 Å². The molecule has 0 aliphatic rings. The molecule has 0 aliphatic heterocycles. The van der Waals surface area contributed by atoms with E-state index >= 15 is 0 Å². The van der Waals surface area contributed by atoms with Gasteiger partial charge < -0.3 is 5.73 Å². The van der Waals surface area contributed by atoms with Gasteiger partial charge in [0.05, 0.1) is 6.04 Å². The summed E-state index contributed by atoms with van der Waals surface area (Å²) >= 11 is 0. The lowest BCUT2D eigenvalue weighted by molar-refractivity contribution is -0.176. The molecule has 8 nitrogen and oxygen atoms in total. The van der Waals surface area contributed by atoms with Crippen molar-refractivity contribution >= 4 is 17.7 Å². The third-order valence-corrected chi connectivity index (χ3v) is 5.13. The smallest absolute Gasteiger partial charge is 0.268 e. The number of benzene rings is 1. The zero-order chi connectivity index (χ0) is 24.3. The fourth-order valence-electron chi connectivity index (χ4n) is 3.45. The standard InChI is InChI=1S/C24H40N4O4/c1-17(2)14-15-22(29)28(27(16-18(3)4)24(31)19(5)25)21(23(30)26-32)13-9-12-20-10-7-6-8-11-20/h6-8,10-11,17-19,21,32H,9,12-16,25H2,1-5H3,(H,26,30)/t19-,21?/m1/s1. The number of hydrogen-bond donors (Lipinski definition) is 3. The number of hydrazine groups is 1. The molecule has 32 heavy (non-hydrogen) atoms. The first-order valence-corrected chi connectivity index (χ1v) is 11.4. The molecule has 0 bridgehead atoms. The number of aryl methyl sites for hydroxylation is 1. The molecule has 0 heterocycles. The molecule has 1 aromatic rings. The lowest BCUT2D eigenvalue weighted by atomic mass is 10.0. The second kappa shape index (κ2) is 13.9. The van der Waals surface area contributed by atoms with E-state index < -0.39 is 23.9 Å². The predicted molar refractivity (Wildman–Crippen MR) is 124 cm³/mol. The van der Waals surface area contributed by atoms with E-state index in [2.05, 4.69) is 0 Å². The summed E-state index contributed by atoms with van der Waals surface area (Å²) in [7, 11) is 0. The summed E-state index contributed by atoms with van der Waals surface area (Å²) in [6.45, 7) is 9.66. The Hall–Kier alpha value is -2.45. The number of nitrogens with zero attached hydrogens (tertiary/aromatic N) is 2. The van der Waals surface area contributed by atoms with Crippen LogP contribution in [-0.4, -0.2) is 51.6 Å². The van der Waals surface area contributed by atoms with Crippen LogP contribution in [0.1, 0.15) is 65.9 Å². The highest BCUT2D eigenvalue weighted by Crippen LogP contribution is 2.19. The van der Waals surface area contributed by atoms with E-state index in [1.165, 1.54) is 10.0 Å². The minimum absolute atomic E-state index is 0.0419. The first kappa shape index (κ1) is 27.6. The highest BCUT2D eigenvalue weighted by atomic mass is 16.5. The number of nitrogens with two attached hydrogens (primary N) is 1. The quantitative estimate of drug-likeness (QED) is 0.336. The van der Waals surface area contributed by atoms with Gasteiger partial charge in [-0.05, 0) is 50.0 Å². The van der Waals surface area contributed by atoms with E-state index in [0.717, 1.165) is 5.56 Å². The van der Waals surface area contributed by atoms with Crippen LogP contribution >= 0.6 is 0 Å². The van der Waals surface area contributed by atoms with Crippen LogP contribution in [-0.2, 0) is 20.8 Å². The third kappa shape index (κ3) is 8.96. The largest absolute Gasteiger partial charge is 0.320 e. The maximum absolute atomic E-state index is 13.3. The Labute approximate surface area is 192 Å². The van der Waals surface area contributed by atoms with Gasteiger partial charge >= 0.3 is 0 Å². The zero-order valence-corrected chi connectivity index (χ0v) is 20.1. The van der Waals surface area contributed by atoms with Gasteiger partial charge in [0, 0.05) is 13.0 Å². The van der Waals surface area contributed by atoms with E-state index in [-0.39, 0.29) is 37.1 Å². The Balaban J connectivity index is 3.25. The van der Waals surface area contributed by atoms with Crippen molar-refractivity contribution in [3.8, 4) is 0 Å². The molecule has 0 fully saturated rings. The first-order valence-electron chi connectivity index (χ1n) is 11.4. The van der Waals surface area contributed by atoms with E-state index in [9.17, 15) is 19.6 Å². The number of hydroxylamine groups is 1. The summed E-state index contributed by atoms with van der Waals surface area (Å²) in [5.41, 5.74) is 8.68. The lowest BCUT2D eigenvalue weighted by Gasteiger charge is -2.41. The molecule has 3 amide bonds. The Morgan fingerprint density at radius 3 is 2.12 bits per heavy atom. The van der Waals surface area contributed by atoms with Gasteiger partial charge in [0.25, 0.3) is 11.8 Å². The van der Waals surface area contributed by atoms with E-state index in [4.69, 9.17) is 5.73 Å². The molecule has 2 atom stereocenters. The summed E-state index contributed by atoms with van der Waals surface area (Å²) in [6, 6.07) is 7.96. The van der Waals surface area contributed by atoms with Gasteiger partial charge in [-0.3, -0.25) is 19.6 Å². The number of carbonyl (C=O) groups is 3. The SMILES string of the molecule is CC(C)CCC(=O)N(C(CCCc1ccccc1)C(=O)NO)N(CC(C)C)C(=O)[C@@H](C)N. The van der Waals surface area contributed by atoms with Crippen molar-refractivity contribution in [2.75, 3.05) is 6.54 Å². The number of rotatable bonds is 12. The minimum Gasteiger partial charge on any atom is -0.320 e. The molecule has 0 aromatic heterocycles. The number of nitrogens with one attached hydrogen (secondary N) is 1. The molecule has 180 valence electrons. The molecule has 4 N–H and O–H groups in total. The molecule has 1 aromatic carbocycles. The molecule has 0 aliphatic carbocycles. The first-order chi connectivity index (χ1) is 15.1. The molecule has 1 unspecified atom stereocenters. The van der Waals surface area contributed by atoms with Crippen molar-refractivity contribution in [2.24, 2.45) is 17.6 Å². The van der Waals surface area contributed by atoms with Crippen LogP contribution in [0.3, 0.4) is 0 Å². The van der Waals surface area contributed by atoms with Crippen LogP contribution < -0.4 is 11.2 Å². The van der Waals surface area contributed by atoms with Crippen molar-refractivity contribution < 1.29 is 19.6 Å². The zero-order valence-electron chi connectivity index (χ0n) is 20.1. The summed E-state index contributed by atoms with van der Waals surface area (Å²) in [4.78, 5) is 39.0. The van der Waals surface area contributed by atoms with Crippen molar-refractivity contribution in [3.63, 3.8) is 0 Å². The summed E-state index contributed by atoms with van der Waals surface area (Å²) < 4.78 is 0. The molecule has 0 saturated carbocycles. The van der Waals surface area contributed by atoms with E-state index in [1.807, 2.05) is 58.0 Å². The van der Waals surface area contributed by atoms with Crippen molar-refractivity contribution in [2.45, 2.75) is 78.8 Å². The maximum atomic E-state index is 13.3. The lowest BCUT2D eigenvalue weighted by Crippen LogP contribution is -2.61. The van der Waals surface area contributed by atoms with Crippen LogP contribution in [0.25, 0.3) is 0 Å². The highest BCUT2D eigenvalue weighted by molar-refractivity contribution is 5.90. The van der Waals surface area contributed by atoms with Crippen molar-refractivity contribution in [3.05, 3.63) is 35.9 Å². The molecule has 0 radical (unpaired) electrons. The van der Waals surface area contributed by atoms with Gasteiger partial charge in [-0.25, -0.2) is 15.5 Å². The fourth-order valence-corrected chi connectivity index (χ4v) is 3.45. The van der Waals surface area contributed by atoms with Gasteiger partial charge in [-0.15, -0.1) is 0 Å². The average Bonchev–Trinajstić information content (AvgIpc) is 2.75. The minimum atomic E-state index is -1.02. The third-order valence-electron chi connectivity index (χ3n) is 5.13. The number of amides is 3. The van der Waals surface area contributed by atoms with Crippen LogP contribution in [0.5, 0.6) is 0 Å². The Kier molecular flexibility index (Phi) is 11.9. The average molecular weight is 449 g/mol. The monoisotopic (exact) mass is 448 g/mol. The highest BCUT2D eigenvalue weighted by Gasteiger charge is 2.37. The Bertz CT molecular complexity index is 722. The topological polar surface area (TPSA) is 116 Å². The molecular weight excluding hydrogens is 408 g/mol. The van der Waals surface area contributed by atoms with Gasteiger partial charge in [0.2, 0.25) is 5.91 Å². The number of carbonyl (C=O) groups excluding carboxylic acids is 3. The van der Waals surface area contributed by atoms with Crippen LogP contribution in [0.15, 0.2) is 30.3 Å². The summed E-state index contributed by atoms with van der Waals surface area (Å²) in [5.74, 6) is -1.16. The predicted octanol–water partition coefficient (Wildman–Crippen LogP) is 2.89. The second-order valence-electron chi connectivity index (χ2n) is 9.14. The molecule has 0 spiro atoms. The summed E-state index contributed by atoms with van der Waals surface area (Å²) in [5, 5.41) is 12.0. The van der Waals surface area contributed by atoms with Crippen LogP contribution in [0.4, 0.5) is 0 Å². The normalized spacial score (nSPS) is 13.0. The van der Waals surface area contributed by atoms with Crippen molar-refractivity contribution in [1.29, 1.82) is 0 Å². The van der Waals surface area contributed by atoms with Gasteiger partial charge in [-0.1, -0.05) is 58.0 Å². The van der Waals surface area contributed by atoms with Crippen LogP contribution in [0, 0.1) is 11.8 Å². The number of hydrogen-bond acceptors (Lipinski definition) is 5. The fraction of sp³-hybridized carbons (Fsp3) is 0.625. The van der Waals surface area contributed by atoms with E-state index in [1.54, 1.807) is 12.4 Å². The molecule has 0 saturated heterocycles. The summed E-state index contributed by atoms with van der Waals surface area (Å²) in [6.07, 6.45) is 2.39. The molecule has 1 rings (SSSR count). The Morgan fingerprint density at radius 2 is 1.62 bits per heavy atom. The molecular formula is C24H40N4O4. The van der Waals surface area contributed by atoms with Gasteiger partial charge in [-0.2, -0.15) is 0 Å².